The molecule has 0 unspecified atom stereocenters. The van der Waals surface area contributed by atoms with Gasteiger partial charge in [0, 0.05) is 18.7 Å². The number of unbranched alkanes of at least 4 members (excludes halogenated alkanes) is 1. The largest absolute Gasteiger partial charge is 0.398 e. The number of sulfonamides is 1. The van der Waals surface area contributed by atoms with Crippen molar-refractivity contribution in [3.05, 3.63) is 22.7 Å². The zero-order valence-corrected chi connectivity index (χ0v) is 12.9. The highest BCUT2D eigenvalue weighted by Gasteiger charge is 2.26. The predicted molar refractivity (Wildman–Crippen MR) is 75.7 cm³/mol. The molecule has 0 saturated heterocycles. The van der Waals surface area contributed by atoms with E-state index in [9.17, 15) is 21.6 Å². The minimum absolute atomic E-state index is 0.0180. The Kier molecular flexibility index (Phi) is 5.89. The first-order chi connectivity index (χ1) is 9.53. The first-order valence-electron chi connectivity index (χ1n) is 6.15. The Balaban J connectivity index is 2.64. The Morgan fingerprint density at radius 3 is 2.48 bits per heavy atom. The lowest BCUT2D eigenvalue weighted by Crippen LogP contribution is -2.25. The molecule has 21 heavy (non-hydrogen) atoms. The Labute approximate surface area is 126 Å². The zero-order chi connectivity index (χ0) is 16.3. The van der Waals surface area contributed by atoms with Crippen LogP contribution in [0.1, 0.15) is 24.8 Å². The lowest BCUT2D eigenvalue weighted by atomic mass is 10.2. The minimum atomic E-state index is -4.23. The van der Waals surface area contributed by atoms with Crippen LogP contribution in [-0.2, 0) is 10.0 Å². The maximum Gasteiger partial charge on any atom is 0.389 e. The molecule has 0 aromatic heterocycles. The molecule has 9 heteroatoms. The molecule has 1 aromatic carbocycles. The number of rotatable bonds is 6. The Bertz CT molecular complexity index is 603. The molecule has 0 aliphatic rings. The molecule has 0 fully saturated rings. The highest BCUT2D eigenvalue weighted by Crippen LogP contribution is 2.26. The van der Waals surface area contributed by atoms with E-state index in [4.69, 9.17) is 17.3 Å². The van der Waals surface area contributed by atoms with Crippen molar-refractivity contribution < 1.29 is 21.6 Å². The van der Waals surface area contributed by atoms with Crippen molar-refractivity contribution in [2.75, 3.05) is 12.3 Å². The number of benzene rings is 1. The summed E-state index contributed by atoms with van der Waals surface area (Å²) in [6.45, 7) is 1.59. The fraction of sp³-hybridized carbons (Fsp3) is 0.500. The molecule has 0 atom stereocenters. The topological polar surface area (TPSA) is 72.2 Å². The summed E-state index contributed by atoms with van der Waals surface area (Å²) < 4.78 is 62.1. The van der Waals surface area contributed by atoms with E-state index in [1.807, 2.05) is 0 Å². The molecular weight excluding hydrogens is 329 g/mol. The highest BCUT2D eigenvalue weighted by atomic mass is 35.5. The number of nitrogens with one attached hydrogen (secondary N) is 1. The first kappa shape index (κ1) is 18.1. The summed E-state index contributed by atoms with van der Waals surface area (Å²) in [7, 11) is -3.89. The lowest BCUT2D eigenvalue weighted by molar-refractivity contribution is -0.135. The van der Waals surface area contributed by atoms with Crippen molar-refractivity contribution in [1.29, 1.82) is 0 Å². The quantitative estimate of drug-likeness (QED) is 0.614. The predicted octanol–water partition coefficient (Wildman–Crippen LogP) is 3.24. The van der Waals surface area contributed by atoms with Gasteiger partial charge in [-0.05, 0) is 37.5 Å². The minimum Gasteiger partial charge on any atom is -0.398 e. The van der Waals surface area contributed by atoms with Crippen LogP contribution in [0.5, 0.6) is 0 Å². The van der Waals surface area contributed by atoms with Gasteiger partial charge in [-0.3, -0.25) is 0 Å². The maximum absolute atomic E-state index is 12.0. The number of hydrogen-bond donors (Lipinski definition) is 2. The summed E-state index contributed by atoms with van der Waals surface area (Å²) in [6.07, 6.45) is -5.23. The van der Waals surface area contributed by atoms with Crippen LogP contribution in [0.4, 0.5) is 18.9 Å². The van der Waals surface area contributed by atoms with Crippen molar-refractivity contribution >= 4 is 27.3 Å². The molecule has 0 saturated carbocycles. The molecule has 3 N–H and O–H groups in total. The van der Waals surface area contributed by atoms with E-state index >= 15 is 0 Å². The van der Waals surface area contributed by atoms with E-state index < -0.39 is 22.6 Å². The van der Waals surface area contributed by atoms with E-state index in [0.717, 1.165) is 0 Å². The van der Waals surface area contributed by atoms with Crippen LogP contribution in [0.25, 0.3) is 0 Å². The van der Waals surface area contributed by atoms with Crippen LogP contribution < -0.4 is 10.5 Å². The van der Waals surface area contributed by atoms with Crippen molar-refractivity contribution in [1.82, 2.24) is 4.72 Å². The van der Waals surface area contributed by atoms with Crippen LogP contribution in [0.15, 0.2) is 17.0 Å². The number of anilines is 1. The third-order valence-electron chi connectivity index (χ3n) is 2.79. The fourth-order valence-corrected chi connectivity index (χ4v) is 3.30. The van der Waals surface area contributed by atoms with Crippen molar-refractivity contribution in [3.8, 4) is 0 Å². The van der Waals surface area contributed by atoms with Crippen LogP contribution in [0, 0.1) is 6.92 Å². The monoisotopic (exact) mass is 344 g/mol. The van der Waals surface area contributed by atoms with Crippen molar-refractivity contribution in [2.24, 2.45) is 0 Å². The zero-order valence-electron chi connectivity index (χ0n) is 11.3. The molecule has 120 valence electrons. The summed E-state index contributed by atoms with van der Waals surface area (Å²) in [4.78, 5) is -0.178. The number of halogens is 4. The summed E-state index contributed by atoms with van der Waals surface area (Å²) >= 11 is 5.86. The summed E-state index contributed by atoms with van der Waals surface area (Å²) in [5.74, 6) is 0. The molecule has 1 rings (SSSR count). The summed E-state index contributed by atoms with van der Waals surface area (Å²) in [5, 5.41) is 0.0180. The molecule has 1 aromatic rings. The average molecular weight is 345 g/mol. The SMILES string of the molecule is Cc1cc(Cl)c(S(=O)(=O)NCCCCC(F)(F)F)cc1N. The molecule has 0 spiro atoms. The second-order valence-electron chi connectivity index (χ2n) is 4.61. The molecule has 0 aliphatic carbocycles. The van der Waals surface area contributed by atoms with Gasteiger partial charge >= 0.3 is 6.18 Å². The molecular formula is C12H16ClF3N2O2S. The Morgan fingerprint density at radius 2 is 1.90 bits per heavy atom. The van der Waals surface area contributed by atoms with Gasteiger partial charge in [-0.25, -0.2) is 13.1 Å². The fourth-order valence-electron chi connectivity index (χ4n) is 1.61. The smallest absolute Gasteiger partial charge is 0.389 e. The van der Waals surface area contributed by atoms with Gasteiger partial charge in [-0.2, -0.15) is 13.2 Å². The Hall–Kier alpha value is -0.990. The second-order valence-corrected chi connectivity index (χ2v) is 6.75. The van der Waals surface area contributed by atoms with Crippen molar-refractivity contribution in [2.45, 2.75) is 37.3 Å². The van der Waals surface area contributed by atoms with Gasteiger partial charge < -0.3 is 5.73 Å². The van der Waals surface area contributed by atoms with Gasteiger partial charge in [0.15, 0.2) is 0 Å². The summed E-state index contributed by atoms with van der Waals surface area (Å²) in [5.41, 5.74) is 6.55. The van der Waals surface area contributed by atoms with E-state index in [2.05, 4.69) is 4.72 Å². The molecule has 0 radical (unpaired) electrons. The van der Waals surface area contributed by atoms with Crippen LogP contribution in [0.2, 0.25) is 5.02 Å². The van der Waals surface area contributed by atoms with Gasteiger partial charge in [0.1, 0.15) is 4.90 Å². The van der Waals surface area contributed by atoms with Gasteiger partial charge in [-0.1, -0.05) is 11.6 Å². The molecule has 0 amide bonds. The number of nitrogens with two attached hydrogens (primary N) is 1. The van der Waals surface area contributed by atoms with E-state index in [0.29, 0.717) is 5.56 Å². The number of hydrogen-bond acceptors (Lipinski definition) is 3. The van der Waals surface area contributed by atoms with Gasteiger partial charge in [-0.15, -0.1) is 0 Å². The standard InChI is InChI=1S/C12H16ClF3N2O2S/c1-8-6-9(13)11(7-10(8)17)21(19,20)18-5-3-2-4-12(14,15)16/h6-7,18H,2-5,17H2,1H3. The van der Waals surface area contributed by atoms with E-state index in [1.54, 1.807) is 6.92 Å². The highest BCUT2D eigenvalue weighted by molar-refractivity contribution is 7.89. The normalized spacial score (nSPS) is 12.6. The van der Waals surface area contributed by atoms with Gasteiger partial charge in [0.25, 0.3) is 0 Å². The van der Waals surface area contributed by atoms with Crippen LogP contribution >= 0.6 is 11.6 Å². The Morgan fingerprint density at radius 1 is 1.29 bits per heavy atom. The maximum atomic E-state index is 12.0. The van der Waals surface area contributed by atoms with Crippen molar-refractivity contribution in [3.63, 3.8) is 0 Å². The van der Waals surface area contributed by atoms with E-state index in [-0.39, 0.29) is 35.0 Å². The number of aryl methyl sites for hydroxylation is 1. The third kappa shape index (κ3) is 5.72. The lowest BCUT2D eigenvalue weighted by Gasteiger charge is -2.11. The van der Waals surface area contributed by atoms with Crippen LogP contribution in [0.3, 0.4) is 0 Å². The number of nitrogen functional groups attached to an aromatic ring is 1. The van der Waals surface area contributed by atoms with Gasteiger partial charge in [0.2, 0.25) is 10.0 Å². The molecule has 0 heterocycles. The third-order valence-corrected chi connectivity index (χ3v) is 4.71. The molecule has 0 aliphatic heterocycles. The molecule has 4 nitrogen and oxygen atoms in total. The van der Waals surface area contributed by atoms with Crippen LogP contribution in [-0.4, -0.2) is 21.1 Å². The molecule has 0 bridgehead atoms. The number of alkyl halides is 3. The second kappa shape index (κ2) is 6.85. The van der Waals surface area contributed by atoms with Gasteiger partial charge in [0.05, 0.1) is 5.02 Å². The van der Waals surface area contributed by atoms with E-state index in [1.165, 1.54) is 12.1 Å². The first-order valence-corrected chi connectivity index (χ1v) is 8.01. The summed E-state index contributed by atoms with van der Waals surface area (Å²) in [6, 6.07) is 2.66. The average Bonchev–Trinajstić information content (AvgIpc) is 2.31.